The minimum atomic E-state index is 0. The lowest BCUT2D eigenvalue weighted by Gasteiger charge is -2.02. The van der Waals surface area contributed by atoms with Crippen LogP contribution in [0.15, 0.2) is 48.5 Å². The summed E-state index contributed by atoms with van der Waals surface area (Å²) >= 11 is 0. The number of hydrogen-bond acceptors (Lipinski definition) is 2. The molecule has 0 radical (unpaired) electrons. The van der Waals surface area contributed by atoms with Crippen LogP contribution >= 0.6 is 12.4 Å². The van der Waals surface area contributed by atoms with E-state index in [2.05, 4.69) is 36.5 Å². The van der Waals surface area contributed by atoms with Gasteiger partial charge in [0.25, 0.3) is 0 Å². The number of halogens is 1. The Kier molecular flexibility index (Phi) is 5.69. The van der Waals surface area contributed by atoms with Crippen LogP contribution in [-0.4, -0.2) is 11.7 Å². The third-order valence-electron chi connectivity index (χ3n) is 2.73. The molecule has 0 atom stereocenters. The predicted molar refractivity (Wildman–Crippen MR) is 76.8 cm³/mol. The zero-order valence-electron chi connectivity index (χ0n) is 10.4. The topological polar surface area (TPSA) is 32.3 Å². The predicted octanol–water partition coefficient (Wildman–Crippen LogP) is 3.21. The molecule has 0 bridgehead atoms. The van der Waals surface area contributed by atoms with E-state index < -0.39 is 0 Å². The van der Waals surface area contributed by atoms with E-state index >= 15 is 0 Å². The number of benzene rings is 2. The van der Waals surface area contributed by atoms with Crippen LogP contribution in [-0.2, 0) is 6.54 Å². The first-order valence-corrected chi connectivity index (χ1v) is 5.89. The van der Waals surface area contributed by atoms with Crippen molar-refractivity contribution in [1.82, 2.24) is 5.32 Å². The average Bonchev–Trinajstić information content (AvgIpc) is 2.35. The lowest BCUT2D eigenvalue weighted by atomic mass is 10.1. The molecular weight excluding hydrogens is 246 g/mol. The van der Waals surface area contributed by atoms with E-state index in [0.29, 0.717) is 5.75 Å². The number of aromatic hydroxyl groups is 1. The Hall–Kier alpha value is -1.51. The quantitative estimate of drug-likeness (QED) is 0.761. The highest BCUT2D eigenvalue weighted by Gasteiger charge is 2.00. The molecular formula is C15H18ClNO. The molecule has 0 amide bonds. The third-order valence-corrected chi connectivity index (χ3v) is 2.73. The first-order chi connectivity index (χ1) is 8.31. The van der Waals surface area contributed by atoms with Gasteiger partial charge >= 0.3 is 0 Å². The van der Waals surface area contributed by atoms with Gasteiger partial charge in [0.1, 0.15) is 5.75 Å². The van der Waals surface area contributed by atoms with E-state index in [0.717, 1.165) is 18.3 Å². The van der Waals surface area contributed by atoms with Gasteiger partial charge in [-0.15, -0.1) is 12.4 Å². The molecule has 0 aliphatic heterocycles. The summed E-state index contributed by atoms with van der Waals surface area (Å²) < 4.78 is 0. The first-order valence-electron chi connectivity index (χ1n) is 5.89. The molecule has 2 aliphatic rings. The molecule has 0 aromatic heterocycles. The van der Waals surface area contributed by atoms with Gasteiger partial charge in [0, 0.05) is 11.8 Å². The Morgan fingerprint density at radius 2 is 1.78 bits per heavy atom. The van der Waals surface area contributed by atoms with Crippen LogP contribution in [0.5, 0.6) is 5.75 Å². The maximum Gasteiger partial charge on any atom is 0.124 e. The molecule has 2 aliphatic carbocycles. The van der Waals surface area contributed by atoms with Crippen LogP contribution in [0.4, 0.5) is 0 Å². The van der Waals surface area contributed by atoms with E-state index in [9.17, 15) is 0 Å². The van der Waals surface area contributed by atoms with Crippen LogP contribution in [0.1, 0.15) is 12.5 Å². The van der Waals surface area contributed by atoms with Crippen LogP contribution < -0.4 is 5.32 Å². The summed E-state index contributed by atoms with van der Waals surface area (Å²) in [5.41, 5.74) is 1.35. The van der Waals surface area contributed by atoms with E-state index in [4.69, 9.17) is 5.11 Å². The second-order valence-corrected chi connectivity index (χ2v) is 4.00. The first kappa shape index (κ1) is 14.6. The SMILES string of the molecule is CCNCc1ccccc1.Cl.Oc1cc2ccc1=2. The summed E-state index contributed by atoms with van der Waals surface area (Å²) in [6.45, 7) is 4.13. The third kappa shape index (κ3) is 3.49. The van der Waals surface area contributed by atoms with Crippen LogP contribution in [0, 0.1) is 10.4 Å². The minimum absolute atomic E-state index is 0. The fourth-order valence-corrected chi connectivity index (χ4v) is 1.63. The molecule has 0 fully saturated rings. The maximum absolute atomic E-state index is 8.69. The summed E-state index contributed by atoms with van der Waals surface area (Å²) in [7, 11) is 0. The monoisotopic (exact) mass is 263 g/mol. The van der Waals surface area contributed by atoms with Crippen molar-refractivity contribution in [3.63, 3.8) is 0 Å². The molecule has 3 rings (SSSR count). The fourth-order valence-electron chi connectivity index (χ4n) is 1.63. The fraction of sp³-hybridized carbons (Fsp3) is 0.200. The molecule has 0 saturated carbocycles. The van der Waals surface area contributed by atoms with Crippen molar-refractivity contribution in [1.29, 1.82) is 0 Å². The molecule has 18 heavy (non-hydrogen) atoms. The van der Waals surface area contributed by atoms with Gasteiger partial charge in [0.15, 0.2) is 0 Å². The molecule has 96 valence electrons. The Balaban J connectivity index is 0.000000178. The van der Waals surface area contributed by atoms with E-state index in [-0.39, 0.29) is 12.4 Å². The van der Waals surface area contributed by atoms with E-state index in [1.165, 1.54) is 10.8 Å². The van der Waals surface area contributed by atoms with E-state index in [1.807, 2.05) is 18.2 Å². The Labute approximate surface area is 113 Å². The standard InChI is InChI=1S/C9H13N.C6H4O.ClH/c1-2-10-8-9-6-4-3-5-7-9;7-6-3-4-1-2-5(4)6;/h3-7,10H,2,8H2,1H3;1-3,7H;1H. The minimum Gasteiger partial charge on any atom is -0.507 e. The summed E-state index contributed by atoms with van der Waals surface area (Å²) in [6, 6.07) is 16.1. The zero-order chi connectivity index (χ0) is 12.1. The Morgan fingerprint density at radius 1 is 1.06 bits per heavy atom. The summed E-state index contributed by atoms with van der Waals surface area (Å²) in [5, 5.41) is 14.2. The van der Waals surface area contributed by atoms with Gasteiger partial charge in [-0.05, 0) is 23.4 Å². The number of phenolic OH excluding ortho intramolecular Hbond substituents is 1. The van der Waals surface area contributed by atoms with Gasteiger partial charge in [-0.25, -0.2) is 0 Å². The Bertz CT molecular complexity index is 569. The second-order valence-electron chi connectivity index (χ2n) is 4.00. The van der Waals surface area contributed by atoms with Gasteiger partial charge < -0.3 is 10.4 Å². The molecule has 0 saturated heterocycles. The average molecular weight is 264 g/mol. The maximum atomic E-state index is 8.69. The van der Waals surface area contributed by atoms with Crippen molar-refractivity contribution < 1.29 is 5.11 Å². The molecule has 0 heterocycles. The van der Waals surface area contributed by atoms with Crippen molar-refractivity contribution in [2.45, 2.75) is 13.5 Å². The van der Waals surface area contributed by atoms with Crippen molar-refractivity contribution in [2.75, 3.05) is 6.54 Å². The van der Waals surface area contributed by atoms with Crippen LogP contribution in [0.25, 0.3) is 0 Å². The van der Waals surface area contributed by atoms with Crippen molar-refractivity contribution >= 4 is 12.4 Å². The lowest BCUT2D eigenvalue weighted by molar-refractivity contribution is 0.465. The highest BCUT2D eigenvalue weighted by Crippen LogP contribution is 2.21. The molecule has 0 spiro atoms. The normalized spacial score (nSPS) is 9.83. The highest BCUT2D eigenvalue weighted by atomic mass is 35.5. The number of hydrogen-bond donors (Lipinski definition) is 2. The smallest absolute Gasteiger partial charge is 0.124 e. The number of nitrogens with one attached hydrogen (secondary N) is 1. The molecule has 3 heteroatoms. The zero-order valence-corrected chi connectivity index (χ0v) is 11.2. The molecule has 1 aromatic rings. The summed E-state index contributed by atoms with van der Waals surface area (Å²) in [4.78, 5) is 0. The highest BCUT2D eigenvalue weighted by molar-refractivity contribution is 5.85. The van der Waals surface area contributed by atoms with Gasteiger partial charge in [-0.2, -0.15) is 0 Å². The van der Waals surface area contributed by atoms with Gasteiger partial charge in [0.05, 0.1) is 0 Å². The number of phenols is 1. The second kappa shape index (κ2) is 7.04. The van der Waals surface area contributed by atoms with Crippen molar-refractivity contribution in [2.24, 2.45) is 0 Å². The van der Waals surface area contributed by atoms with E-state index in [1.54, 1.807) is 6.07 Å². The summed E-state index contributed by atoms with van der Waals surface area (Å²) in [5.74, 6) is 0.442. The lowest BCUT2D eigenvalue weighted by Crippen LogP contribution is -2.11. The largest absolute Gasteiger partial charge is 0.507 e. The van der Waals surface area contributed by atoms with Crippen LogP contribution in [0.2, 0.25) is 0 Å². The molecule has 1 aromatic carbocycles. The van der Waals surface area contributed by atoms with Gasteiger partial charge in [-0.1, -0.05) is 49.4 Å². The van der Waals surface area contributed by atoms with Crippen molar-refractivity contribution in [3.05, 3.63) is 64.5 Å². The molecule has 2 N–H and O–H groups in total. The van der Waals surface area contributed by atoms with Gasteiger partial charge in [-0.3, -0.25) is 0 Å². The molecule has 2 nitrogen and oxygen atoms in total. The summed E-state index contributed by atoms with van der Waals surface area (Å²) in [6.07, 6.45) is 0. The Morgan fingerprint density at radius 3 is 2.11 bits per heavy atom. The molecule has 0 unspecified atom stereocenters. The van der Waals surface area contributed by atoms with Crippen LogP contribution in [0.3, 0.4) is 0 Å². The van der Waals surface area contributed by atoms with Gasteiger partial charge in [0.2, 0.25) is 0 Å². The van der Waals surface area contributed by atoms with Crippen molar-refractivity contribution in [3.8, 4) is 5.75 Å². The number of rotatable bonds is 3.